The fraction of sp³-hybridized carbons (Fsp3) is 0.500. The predicted octanol–water partition coefficient (Wildman–Crippen LogP) is 3.02. The Morgan fingerprint density at radius 3 is 2.67 bits per heavy atom. The van der Waals surface area contributed by atoms with E-state index in [1.165, 1.54) is 6.07 Å². The zero-order chi connectivity index (χ0) is 13.2. The number of rotatable bonds is 5. The Bertz CT molecular complexity index is 452. The summed E-state index contributed by atoms with van der Waals surface area (Å²) in [7, 11) is 0. The smallest absolute Gasteiger partial charge is 0.309 e. The zero-order valence-corrected chi connectivity index (χ0v) is 10.4. The van der Waals surface area contributed by atoms with E-state index in [0.717, 1.165) is 12.0 Å². The quantitative estimate of drug-likeness (QED) is 0.876. The molecule has 0 unspecified atom stereocenters. The fourth-order valence-corrected chi connectivity index (χ4v) is 2.39. The van der Waals surface area contributed by atoms with E-state index in [1.54, 1.807) is 19.1 Å². The van der Waals surface area contributed by atoms with Gasteiger partial charge in [0.05, 0.1) is 12.0 Å². The molecule has 1 saturated carbocycles. The molecule has 18 heavy (non-hydrogen) atoms. The molecule has 0 radical (unpaired) electrons. The van der Waals surface area contributed by atoms with Crippen molar-refractivity contribution in [3.63, 3.8) is 0 Å². The van der Waals surface area contributed by atoms with Crippen LogP contribution in [0.4, 0.5) is 4.39 Å². The molecule has 0 heterocycles. The van der Waals surface area contributed by atoms with Gasteiger partial charge in [-0.2, -0.15) is 0 Å². The third-order valence-electron chi connectivity index (χ3n) is 3.60. The van der Waals surface area contributed by atoms with Gasteiger partial charge in [-0.3, -0.25) is 4.79 Å². The highest BCUT2D eigenvalue weighted by Gasteiger charge is 2.44. The molecule has 2 rings (SSSR count). The monoisotopic (exact) mass is 252 g/mol. The number of carboxylic acids is 1. The van der Waals surface area contributed by atoms with Crippen molar-refractivity contribution in [3.05, 3.63) is 29.6 Å². The maximum atomic E-state index is 13.7. The molecule has 1 aromatic rings. The Hall–Kier alpha value is -1.58. The Kier molecular flexibility index (Phi) is 3.55. The molecule has 0 spiro atoms. The lowest BCUT2D eigenvalue weighted by atomic mass is 9.65. The first kappa shape index (κ1) is 12.9. The molecule has 1 aliphatic carbocycles. The highest BCUT2D eigenvalue weighted by atomic mass is 19.1. The topological polar surface area (TPSA) is 46.5 Å². The minimum Gasteiger partial charge on any atom is -0.491 e. The van der Waals surface area contributed by atoms with Crippen LogP contribution in [-0.4, -0.2) is 17.7 Å². The van der Waals surface area contributed by atoms with Crippen molar-refractivity contribution in [1.29, 1.82) is 0 Å². The molecular weight excluding hydrogens is 235 g/mol. The van der Waals surface area contributed by atoms with Crippen LogP contribution in [0.2, 0.25) is 0 Å². The van der Waals surface area contributed by atoms with E-state index in [-0.39, 0.29) is 5.75 Å². The summed E-state index contributed by atoms with van der Waals surface area (Å²) in [5, 5.41) is 9.23. The van der Waals surface area contributed by atoms with Crippen LogP contribution in [0.1, 0.15) is 31.7 Å². The number of hydrogen-bond acceptors (Lipinski definition) is 2. The van der Waals surface area contributed by atoms with Crippen molar-refractivity contribution < 1.29 is 19.0 Å². The molecule has 0 saturated heterocycles. The van der Waals surface area contributed by atoms with E-state index in [4.69, 9.17) is 4.74 Å². The molecule has 0 aromatic heterocycles. The van der Waals surface area contributed by atoms with Crippen molar-refractivity contribution in [1.82, 2.24) is 0 Å². The van der Waals surface area contributed by atoms with Crippen molar-refractivity contribution in [2.75, 3.05) is 6.61 Å². The molecule has 0 atom stereocenters. The van der Waals surface area contributed by atoms with E-state index in [2.05, 4.69) is 0 Å². The first-order chi connectivity index (χ1) is 8.57. The van der Waals surface area contributed by atoms with Crippen molar-refractivity contribution >= 4 is 5.97 Å². The van der Waals surface area contributed by atoms with Gasteiger partial charge in [0.25, 0.3) is 0 Å². The van der Waals surface area contributed by atoms with Crippen molar-refractivity contribution in [3.8, 4) is 5.75 Å². The molecule has 98 valence electrons. The SMILES string of the molecule is CCOc1ccc(CC2(C(=O)O)CCC2)cc1F. The van der Waals surface area contributed by atoms with Gasteiger partial charge in [-0.1, -0.05) is 12.5 Å². The van der Waals surface area contributed by atoms with Gasteiger partial charge in [-0.05, 0) is 43.9 Å². The second-order valence-corrected chi connectivity index (χ2v) is 4.81. The second kappa shape index (κ2) is 4.96. The summed E-state index contributed by atoms with van der Waals surface area (Å²) >= 11 is 0. The lowest BCUT2D eigenvalue weighted by molar-refractivity contribution is -0.154. The van der Waals surface area contributed by atoms with E-state index in [9.17, 15) is 14.3 Å². The molecule has 3 nitrogen and oxygen atoms in total. The van der Waals surface area contributed by atoms with Crippen LogP contribution < -0.4 is 4.74 Å². The van der Waals surface area contributed by atoms with Gasteiger partial charge >= 0.3 is 5.97 Å². The Labute approximate surface area is 106 Å². The van der Waals surface area contributed by atoms with E-state index >= 15 is 0 Å². The molecular formula is C14H17FO3. The first-order valence-electron chi connectivity index (χ1n) is 6.22. The molecule has 1 N–H and O–H groups in total. The maximum Gasteiger partial charge on any atom is 0.309 e. The summed E-state index contributed by atoms with van der Waals surface area (Å²) in [4.78, 5) is 11.2. The third-order valence-corrected chi connectivity index (χ3v) is 3.60. The van der Waals surface area contributed by atoms with E-state index in [0.29, 0.717) is 25.9 Å². The summed E-state index contributed by atoms with van der Waals surface area (Å²) in [6, 6.07) is 4.70. The van der Waals surface area contributed by atoms with Gasteiger partial charge in [0.1, 0.15) is 0 Å². The van der Waals surface area contributed by atoms with Crippen LogP contribution in [0.15, 0.2) is 18.2 Å². The minimum absolute atomic E-state index is 0.222. The summed E-state index contributed by atoms with van der Waals surface area (Å²) in [5.74, 6) is -0.975. The summed E-state index contributed by atoms with van der Waals surface area (Å²) in [6.07, 6.45) is 2.69. The Morgan fingerprint density at radius 2 is 2.22 bits per heavy atom. The average Bonchev–Trinajstić information content (AvgIpc) is 2.27. The molecule has 1 aliphatic rings. The first-order valence-corrected chi connectivity index (χ1v) is 6.22. The van der Waals surface area contributed by atoms with Crippen LogP contribution >= 0.6 is 0 Å². The largest absolute Gasteiger partial charge is 0.491 e. The highest BCUT2D eigenvalue weighted by molar-refractivity contribution is 5.76. The number of ether oxygens (including phenoxy) is 1. The van der Waals surface area contributed by atoms with Gasteiger partial charge in [-0.15, -0.1) is 0 Å². The normalized spacial score (nSPS) is 17.0. The van der Waals surface area contributed by atoms with Crippen molar-refractivity contribution in [2.24, 2.45) is 5.41 Å². The molecule has 1 fully saturated rings. The number of hydrogen-bond donors (Lipinski definition) is 1. The van der Waals surface area contributed by atoms with E-state index in [1.807, 2.05) is 0 Å². The molecule has 0 bridgehead atoms. The minimum atomic E-state index is -0.775. The zero-order valence-electron chi connectivity index (χ0n) is 10.4. The summed E-state index contributed by atoms with van der Waals surface area (Å²) in [5.41, 5.74) is 0.0394. The lowest BCUT2D eigenvalue weighted by Crippen LogP contribution is -2.39. The predicted molar refractivity (Wildman–Crippen MR) is 65.2 cm³/mol. The molecule has 0 aliphatic heterocycles. The molecule has 4 heteroatoms. The fourth-order valence-electron chi connectivity index (χ4n) is 2.39. The molecule has 0 amide bonds. The molecule has 1 aromatic carbocycles. The maximum absolute atomic E-state index is 13.7. The van der Waals surface area contributed by atoms with Crippen LogP contribution in [0.25, 0.3) is 0 Å². The number of benzene rings is 1. The number of carboxylic acid groups (broad SMARTS) is 1. The lowest BCUT2D eigenvalue weighted by Gasteiger charge is -2.37. The Balaban J connectivity index is 2.15. The van der Waals surface area contributed by atoms with E-state index < -0.39 is 17.2 Å². The van der Waals surface area contributed by atoms with Gasteiger partial charge < -0.3 is 9.84 Å². The summed E-state index contributed by atoms with van der Waals surface area (Å²) in [6.45, 7) is 2.20. The number of halogens is 1. The number of carbonyl (C=O) groups is 1. The van der Waals surface area contributed by atoms with Crippen LogP contribution in [-0.2, 0) is 11.2 Å². The van der Waals surface area contributed by atoms with Gasteiger partial charge in [0, 0.05) is 0 Å². The number of aliphatic carboxylic acids is 1. The Morgan fingerprint density at radius 1 is 1.50 bits per heavy atom. The van der Waals surface area contributed by atoms with Gasteiger partial charge in [-0.25, -0.2) is 4.39 Å². The standard InChI is InChI=1S/C14H17FO3/c1-2-18-12-5-4-10(8-11(12)15)9-14(13(16)17)6-3-7-14/h4-5,8H,2-3,6-7,9H2,1H3,(H,16,17). The van der Waals surface area contributed by atoms with Crippen LogP contribution in [0.3, 0.4) is 0 Å². The van der Waals surface area contributed by atoms with Crippen LogP contribution in [0, 0.1) is 11.2 Å². The van der Waals surface area contributed by atoms with Gasteiger partial charge in [0.2, 0.25) is 0 Å². The second-order valence-electron chi connectivity index (χ2n) is 4.81. The third kappa shape index (κ3) is 2.33. The van der Waals surface area contributed by atoms with Crippen LogP contribution in [0.5, 0.6) is 5.75 Å². The van der Waals surface area contributed by atoms with Gasteiger partial charge in [0.15, 0.2) is 11.6 Å². The van der Waals surface area contributed by atoms with Crippen molar-refractivity contribution in [2.45, 2.75) is 32.6 Å². The summed E-state index contributed by atoms with van der Waals surface area (Å²) < 4.78 is 18.8. The average molecular weight is 252 g/mol. The highest BCUT2D eigenvalue weighted by Crippen LogP contribution is 2.44.